The van der Waals surface area contributed by atoms with Crippen molar-refractivity contribution < 1.29 is 9.53 Å². The van der Waals surface area contributed by atoms with Crippen LogP contribution in [0.3, 0.4) is 0 Å². The summed E-state index contributed by atoms with van der Waals surface area (Å²) >= 11 is 11.3. The van der Waals surface area contributed by atoms with E-state index in [1.807, 2.05) is 42.5 Å². The summed E-state index contributed by atoms with van der Waals surface area (Å²) in [5, 5.41) is 12.7. The average molecular weight is 439 g/mol. The monoisotopic (exact) mass is 438 g/mol. The number of nitrogens with one attached hydrogen (secondary N) is 2. The summed E-state index contributed by atoms with van der Waals surface area (Å²) in [4.78, 5) is 12.6. The Bertz CT molecular complexity index is 1260. The summed E-state index contributed by atoms with van der Waals surface area (Å²) < 4.78 is 7.31. The molecule has 1 aromatic heterocycles. The highest BCUT2D eigenvalue weighted by atomic mass is 35.5. The van der Waals surface area contributed by atoms with Crippen LogP contribution in [0, 0.1) is 4.77 Å². The van der Waals surface area contributed by atoms with Crippen LogP contribution < -0.4 is 10.1 Å². The summed E-state index contributed by atoms with van der Waals surface area (Å²) in [7, 11) is 1.65. The lowest BCUT2D eigenvalue weighted by Gasteiger charge is -2.09. The van der Waals surface area contributed by atoms with E-state index >= 15 is 0 Å². The molecule has 0 saturated heterocycles. The number of carbonyl (C=O) groups excluding carboxylic acids is 1. The molecule has 30 heavy (non-hydrogen) atoms. The van der Waals surface area contributed by atoms with Gasteiger partial charge in [0.15, 0.2) is 10.6 Å². The number of rotatable bonds is 6. The molecule has 0 aliphatic carbocycles. The molecule has 0 unspecified atom stereocenters. The first-order valence-electron chi connectivity index (χ1n) is 9.28. The first-order chi connectivity index (χ1) is 14.5. The maximum Gasteiger partial charge on any atom is 0.240 e. The molecule has 3 aromatic carbocycles. The van der Waals surface area contributed by atoms with Crippen molar-refractivity contribution in [2.24, 2.45) is 0 Å². The Kier molecular flexibility index (Phi) is 5.83. The van der Waals surface area contributed by atoms with E-state index in [1.165, 1.54) is 0 Å². The molecule has 8 heteroatoms. The van der Waals surface area contributed by atoms with Crippen molar-refractivity contribution in [1.82, 2.24) is 20.1 Å². The largest absolute Gasteiger partial charge is 0.497 e. The van der Waals surface area contributed by atoms with Gasteiger partial charge in [-0.3, -0.25) is 14.5 Å². The predicted molar refractivity (Wildman–Crippen MR) is 120 cm³/mol. The van der Waals surface area contributed by atoms with E-state index in [4.69, 9.17) is 28.6 Å². The molecule has 0 fully saturated rings. The van der Waals surface area contributed by atoms with Crippen molar-refractivity contribution in [3.8, 4) is 17.1 Å². The minimum atomic E-state index is -0.155. The number of carbonyl (C=O) groups is 1. The number of H-pyrrole nitrogens is 1. The summed E-state index contributed by atoms with van der Waals surface area (Å²) in [5.41, 5.74) is 1.83. The zero-order valence-electron chi connectivity index (χ0n) is 16.2. The summed E-state index contributed by atoms with van der Waals surface area (Å²) in [6, 6.07) is 19.2. The quantitative estimate of drug-likeness (QED) is 0.426. The molecule has 0 spiro atoms. The second-order valence-electron chi connectivity index (χ2n) is 6.77. The summed E-state index contributed by atoms with van der Waals surface area (Å²) in [6.45, 7) is 0.486. The van der Waals surface area contributed by atoms with Crippen molar-refractivity contribution in [2.45, 2.75) is 13.1 Å². The van der Waals surface area contributed by atoms with Gasteiger partial charge in [-0.05, 0) is 71.0 Å². The molecular formula is C22H19ClN4O2S. The molecule has 0 saturated carbocycles. The highest BCUT2D eigenvalue weighted by Gasteiger charge is 2.12. The first kappa shape index (κ1) is 20.1. The van der Waals surface area contributed by atoms with Gasteiger partial charge in [0, 0.05) is 17.1 Å². The Labute approximate surface area is 183 Å². The third-order valence-corrected chi connectivity index (χ3v) is 5.33. The van der Waals surface area contributed by atoms with Crippen molar-refractivity contribution in [1.29, 1.82) is 0 Å². The third-order valence-electron chi connectivity index (χ3n) is 4.76. The van der Waals surface area contributed by atoms with Crippen molar-refractivity contribution >= 4 is 40.5 Å². The molecular weight excluding hydrogens is 420 g/mol. The molecule has 4 aromatic rings. The van der Waals surface area contributed by atoms with E-state index in [-0.39, 0.29) is 12.5 Å². The molecule has 0 aliphatic heterocycles. The Morgan fingerprint density at radius 3 is 2.63 bits per heavy atom. The Morgan fingerprint density at radius 2 is 1.87 bits per heavy atom. The van der Waals surface area contributed by atoms with Gasteiger partial charge in [-0.15, -0.1) is 0 Å². The number of amides is 1. The SMILES string of the molecule is COc1ccc2cc(CNC(=O)Cn3c(-c4ccc(Cl)cc4)n[nH]c3=S)ccc2c1. The molecule has 0 radical (unpaired) electrons. The number of nitrogens with zero attached hydrogens (tertiary/aromatic N) is 2. The molecule has 152 valence electrons. The van der Waals surface area contributed by atoms with Crippen LogP contribution in [-0.4, -0.2) is 27.8 Å². The van der Waals surface area contributed by atoms with E-state index in [0.29, 0.717) is 22.2 Å². The van der Waals surface area contributed by atoms with Crippen LogP contribution >= 0.6 is 23.8 Å². The van der Waals surface area contributed by atoms with Gasteiger partial charge in [0.1, 0.15) is 12.3 Å². The first-order valence-corrected chi connectivity index (χ1v) is 10.1. The van der Waals surface area contributed by atoms with E-state index < -0.39 is 0 Å². The van der Waals surface area contributed by atoms with Gasteiger partial charge in [0.25, 0.3) is 0 Å². The summed E-state index contributed by atoms with van der Waals surface area (Å²) in [5.74, 6) is 1.25. The van der Waals surface area contributed by atoms with E-state index in [2.05, 4.69) is 21.6 Å². The molecule has 1 heterocycles. The van der Waals surface area contributed by atoms with Crippen LogP contribution in [0.25, 0.3) is 22.2 Å². The van der Waals surface area contributed by atoms with Gasteiger partial charge in [-0.2, -0.15) is 5.10 Å². The molecule has 1 amide bonds. The molecule has 6 nitrogen and oxygen atoms in total. The van der Waals surface area contributed by atoms with Crippen LogP contribution in [0.4, 0.5) is 0 Å². The van der Waals surface area contributed by atoms with Crippen molar-refractivity contribution in [2.75, 3.05) is 7.11 Å². The Morgan fingerprint density at radius 1 is 1.13 bits per heavy atom. The number of benzene rings is 3. The zero-order valence-corrected chi connectivity index (χ0v) is 17.8. The van der Waals surface area contributed by atoms with Crippen LogP contribution in [-0.2, 0) is 17.9 Å². The second kappa shape index (κ2) is 8.69. The van der Waals surface area contributed by atoms with Gasteiger partial charge in [-0.1, -0.05) is 29.8 Å². The Balaban J connectivity index is 1.45. The van der Waals surface area contributed by atoms with Crippen molar-refractivity contribution in [3.05, 3.63) is 76.0 Å². The van der Waals surface area contributed by atoms with E-state index in [9.17, 15) is 4.79 Å². The smallest absolute Gasteiger partial charge is 0.240 e. The van der Waals surface area contributed by atoms with Crippen LogP contribution in [0.15, 0.2) is 60.7 Å². The lowest BCUT2D eigenvalue weighted by Crippen LogP contribution is -2.27. The molecule has 0 aliphatic rings. The number of fused-ring (bicyclic) bond motifs is 1. The molecule has 0 bridgehead atoms. The fraction of sp³-hybridized carbons (Fsp3) is 0.136. The van der Waals surface area contributed by atoms with Gasteiger partial charge >= 0.3 is 0 Å². The van der Waals surface area contributed by atoms with E-state index in [1.54, 1.807) is 23.8 Å². The van der Waals surface area contributed by atoms with Crippen LogP contribution in [0.5, 0.6) is 5.75 Å². The van der Waals surface area contributed by atoms with Crippen LogP contribution in [0.2, 0.25) is 5.02 Å². The minimum Gasteiger partial charge on any atom is -0.497 e. The number of hydrogen-bond donors (Lipinski definition) is 2. The highest BCUT2D eigenvalue weighted by Crippen LogP contribution is 2.22. The number of hydrogen-bond acceptors (Lipinski definition) is 4. The topological polar surface area (TPSA) is 71.9 Å². The third kappa shape index (κ3) is 4.37. The Hall–Kier alpha value is -3.16. The fourth-order valence-corrected chi connectivity index (χ4v) is 3.52. The summed E-state index contributed by atoms with van der Waals surface area (Å²) in [6.07, 6.45) is 0. The number of ether oxygens (including phenoxy) is 1. The highest BCUT2D eigenvalue weighted by molar-refractivity contribution is 7.71. The number of aromatic nitrogens is 3. The van der Waals surface area contributed by atoms with Gasteiger partial charge in [-0.25, -0.2) is 0 Å². The number of halogens is 1. The standard InChI is InChI=1S/C22H19ClN4O2S/c1-29-19-9-6-16-10-14(2-3-17(16)11-19)12-24-20(28)13-27-21(25-26-22(27)30)15-4-7-18(23)8-5-15/h2-11H,12-13H2,1H3,(H,24,28)(H,26,30). The lowest BCUT2D eigenvalue weighted by molar-refractivity contribution is -0.121. The van der Waals surface area contributed by atoms with Crippen molar-refractivity contribution in [3.63, 3.8) is 0 Å². The lowest BCUT2D eigenvalue weighted by atomic mass is 10.1. The number of methoxy groups -OCH3 is 1. The molecule has 0 atom stereocenters. The second-order valence-corrected chi connectivity index (χ2v) is 7.59. The van der Waals surface area contributed by atoms with Crippen LogP contribution in [0.1, 0.15) is 5.56 Å². The minimum absolute atomic E-state index is 0.0675. The normalized spacial score (nSPS) is 10.9. The molecule has 4 rings (SSSR count). The maximum atomic E-state index is 12.6. The predicted octanol–water partition coefficient (Wildman–Crippen LogP) is 4.74. The van der Waals surface area contributed by atoms with Gasteiger partial charge in [0.05, 0.1) is 7.11 Å². The van der Waals surface area contributed by atoms with Gasteiger partial charge < -0.3 is 10.1 Å². The zero-order chi connectivity index (χ0) is 21.1. The average Bonchev–Trinajstić information content (AvgIpc) is 3.12. The van der Waals surface area contributed by atoms with Gasteiger partial charge in [0.2, 0.25) is 5.91 Å². The van der Waals surface area contributed by atoms with E-state index in [0.717, 1.165) is 27.6 Å². The fourth-order valence-electron chi connectivity index (χ4n) is 3.19. The maximum absolute atomic E-state index is 12.6. The number of aromatic amines is 1. The molecule has 2 N–H and O–H groups in total.